The molecular weight excluding hydrogens is 230 g/mol. The molecule has 5 nitrogen and oxygen atoms in total. The van der Waals surface area contributed by atoms with Crippen molar-refractivity contribution in [2.45, 2.75) is 6.04 Å². The van der Waals surface area contributed by atoms with Gasteiger partial charge in [0.1, 0.15) is 13.2 Å². The molecule has 1 fully saturated rings. The molecule has 0 aromatic heterocycles. The van der Waals surface area contributed by atoms with Crippen LogP contribution in [-0.4, -0.2) is 45.4 Å². The van der Waals surface area contributed by atoms with Crippen molar-refractivity contribution in [3.8, 4) is 11.5 Å². The molecule has 98 valence electrons. The number of hydrogen-bond acceptors (Lipinski definition) is 5. The van der Waals surface area contributed by atoms with Crippen molar-refractivity contribution in [3.05, 3.63) is 18.2 Å². The highest BCUT2D eigenvalue weighted by molar-refractivity contribution is 5.57. The van der Waals surface area contributed by atoms with Crippen molar-refractivity contribution in [3.63, 3.8) is 0 Å². The fourth-order valence-corrected chi connectivity index (χ4v) is 2.45. The van der Waals surface area contributed by atoms with Crippen LogP contribution in [0.3, 0.4) is 0 Å². The van der Waals surface area contributed by atoms with Crippen LogP contribution in [0.2, 0.25) is 0 Å². The second-order valence-corrected chi connectivity index (χ2v) is 4.66. The van der Waals surface area contributed by atoms with Gasteiger partial charge in [0.15, 0.2) is 11.5 Å². The van der Waals surface area contributed by atoms with Crippen molar-refractivity contribution in [1.82, 2.24) is 5.32 Å². The van der Waals surface area contributed by atoms with Gasteiger partial charge in [0.2, 0.25) is 0 Å². The van der Waals surface area contributed by atoms with E-state index in [1.54, 1.807) is 0 Å². The molecule has 5 heteroatoms. The molecule has 1 aromatic rings. The van der Waals surface area contributed by atoms with Crippen molar-refractivity contribution in [2.75, 3.05) is 44.3 Å². The van der Waals surface area contributed by atoms with Crippen molar-refractivity contribution >= 4 is 5.69 Å². The monoisotopic (exact) mass is 249 g/mol. The molecule has 0 saturated carbocycles. The van der Waals surface area contributed by atoms with Crippen LogP contribution in [0, 0.1) is 0 Å². The Morgan fingerprint density at radius 3 is 2.94 bits per heavy atom. The molecule has 1 saturated heterocycles. The summed E-state index contributed by atoms with van der Waals surface area (Å²) in [5.74, 6) is 1.69. The average molecular weight is 249 g/mol. The largest absolute Gasteiger partial charge is 0.486 e. The lowest BCUT2D eigenvalue weighted by Gasteiger charge is -2.35. The summed E-state index contributed by atoms with van der Waals surface area (Å²) in [7, 11) is 0. The first kappa shape index (κ1) is 11.6. The molecule has 2 aliphatic rings. The Balaban J connectivity index is 1.79. The van der Waals surface area contributed by atoms with E-state index in [1.165, 1.54) is 5.69 Å². The lowest BCUT2D eigenvalue weighted by Crippen LogP contribution is -2.53. The van der Waals surface area contributed by atoms with Gasteiger partial charge in [0.05, 0.1) is 0 Å². The van der Waals surface area contributed by atoms with Gasteiger partial charge in [-0.1, -0.05) is 0 Å². The van der Waals surface area contributed by atoms with Crippen LogP contribution in [0.25, 0.3) is 0 Å². The molecule has 3 N–H and O–H groups in total. The zero-order valence-electron chi connectivity index (χ0n) is 10.4. The first-order valence-corrected chi connectivity index (χ1v) is 6.45. The zero-order chi connectivity index (χ0) is 12.4. The summed E-state index contributed by atoms with van der Waals surface area (Å²) in [6.07, 6.45) is 0. The van der Waals surface area contributed by atoms with E-state index < -0.39 is 0 Å². The summed E-state index contributed by atoms with van der Waals surface area (Å²) < 4.78 is 11.1. The van der Waals surface area contributed by atoms with Gasteiger partial charge in [0.25, 0.3) is 0 Å². The standard InChI is InChI=1S/C13H19N3O2/c14-8-10-9-16(4-3-15-10)11-1-2-12-13(7-11)18-6-5-17-12/h1-2,7,10,15H,3-6,8-9,14H2. The summed E-state index contributed by atoms with van der Waals surface area (Å²) >= 11 is 0. The SMILES string of the molecule is NCC1CN(c2ccc3c(c2)OCCO3)CCN1. The maximum atomic E-state index is 5.72. The Bertz CT molecular complexity index is 425. The molecule has 0 spiro atoms. The van der Waals surface area contributed by atoms with Crippen LogP contribution in [-0.2, 0) is 0 Å². The fraction of sp³-hybridized carbons (Fsp3) is 0.538. The Hall–Kier alpha value is -1.46. The molecular formula is C13H19N3O2. The van der Waals surface area contributed by atoms with Gasteiger partial charge in [-0.2, -0.15) is 0 Å². The van der Waals surface area contributed by atoms with E-state index in [1.807, 2.05) is 6.07 Å². The lowest BCUT2D eigenvalue weighted by molar-refractivity contribution is 0.171. The molecule has 0 radical (unpaired) electrons. The molecule has 0 aliphatic carbocycles. The van der Waals surface area contributed by atoms with E-state index in [9.17, 15) is 0 Å². The summed E-state index contributed by atoms with van der Waals surface area (Å²) in [6.45, 7) is 4.84. The maximum Gasteiger partial charge on any atom is 0.163 e. The average Bonchev–Trinajstić information content (AvgIpc) is 2.47. The number of nitrogens with one attached hydrogen (secondary N) is 1. The van der Waals surface area contributed by atoms with Gasteiger partial charge >= 0.3 is 0 Å². The second-order valence-electron chi connectivity index (χ2n) is 4.66. The number of piperazine rings is 1. The number of benzene rings is 1. The van der Waals surface area contributed by atoms with Crippen LogP contribution in [0.5, 0.6) is 11.5 Å². The van der Waals surface area contributed by atoms with Crippen LogP contribution >= 0.6 is 0 Å². The smallest absolute Gasteiger partial charge is 0.163 e. The van der Waals surface area contributed by atoms with Gasteiger partial charge in [-0.15, -0.1) is 0 Å². The second kappa shape index (κ2) is 5.04. The van der Waals surface area contributed by atoms with Crippen LogP contribution in [0.1, 0.15) is 0 Å². The normalized spacial score (nSPS) is 22.9. The fourth-order valence-electron chi connectivity index (χ4n) is 2.45. The third kappa shape index (κ3) is 2.23. The lowest BCUT2D eigenvalue weighted by atomic mass is 10.1. The minimum atomic E-state index is 0.368. The van der Waals surface area contributed by atoms with Crippen LogP contribution in [0.4, 0.5) is 5.69 Å². The molecule has 2 aliphatic heterocycles. The van der Waals surface area contributed by atoms with Gasteiger partial charge in [-0.25, -0.2) is 0 Å². The topological polar surface area (TPSA) is 59.8 Å². The number of rotatable bonds is 2. The van der Waals surface area contributed by atoms with Gasteiger partial charge in [0, 0.05) is 44.0 Å². The highest BCUT2D eigenvalue weighted by Gasteiger charge is 2.20. The highest BCUT2D eigenvalue weighted by atomic mass is 16.6. The minimum absolute atomic E-state index is 0.368. The van der Waals surface area contributed by atoms with Crippen molar-refractivity contribution in [1.29, 1.82) is 0 Å². The number of anilines is 1. The Labute approximate surface area is 107 Å². The number of hydrogen-bond donors (Lipinski definition) is 2. The van der Waals surface area contributed by atoms with Crippen molar-refractivity contribution < 1.29 is 9.47 Å². The van der Waals surface area contributed by atoms with E-state index >= 15 is 0 Å². The van der Waals surface area contributed by atoms with Crippen LogP contribution < -0.4 is 25.4 Å². The Kier molecular flexibility index (Phi) is 3.25. The van der Waals surface area contributed by atoms with Crippen LogP contribution in [0.15, 0.2) is 18.2 Å². The Morgan fingerprint density at radius 1 is 1.28 bits per heavy atom. The zero-order valence-corrected chi connectivity index (χ0v) is 10.4. The molecule has 2 heterocycles. The van der Waals surface area contributed by atoms with Gasteiger partial charge < -0.3 is 25.4 Å². The molecule has 0 amide bonds. The van der Waals surface area contributed by atoms with E-state index in [0.717, 1.165) is 31.1 Å². The molecule has 18 heavy (non-hydrogen) atoms. The predicted molar refractivity (Wildman–Crippen MR) is 70.5 cm³/mol. The van der Waals surface area contributed by atoms with E-state index in [0.29, 0.717) is 25.8 Å². The molecule has 1 unspecified atom stereocenters. The number of nitrogens with two attached hydrogens (primary N) is 1. The minimum Gasteiger partial charge on any atom is -0.486 e. The molecule has 0 bridgehead atoms. The first-order valence-electron chi connectivity index (χ1n) is 6.45. The van der Waals surface area contributed by atoms with Crippen molar-refractivity contribution in [2.24, 2.45) is 5.73 Å². The van der Waals surface area contributed by atoms with E-state index in [2.05, 4.69) is 22.3 Å². The molecule has 1 aromatic carbocycles. The summed E-state index contributed by atoms with van der Waals surface area (Å²) in [4.78, 5) is 2.34. The summed E-state index contributed by atoms with van der Waals surface area (Å²) in [5, 5.41) is 3.41. The highest BCUT2D eigenvalue weighted by Crippen LogP contribution is 2.34. The quantitative estimate of drug-likeness (QED) is 0.784. The number of nitrogens with zero attached hydrogens (tertiary/aromatic N) is 1. The molecule has 3 rings (SSSR count). The third-order valence-corrected chi connectivity index (χ3v) is 3.43. The van der Waals surface area contributed by atoms with E-state index in [-0.39, 0.29) is 0 Å². The van der Waals surface area contributed by atoms with Gasteiger partial charge in [-0.05, 0) is 12.1 Å². The number of ether oxygens (including phenoxy) is 2. The third-order valence-electron chi connectivity index (χ3n) is 3.43. The summed E-state index contributed by atoms with van der Waals surface area (Å²) in [6, 6.07) is 6.51. The first-order chi connectivity index (χ1) is 8.86. The molecule has 1 atom stereocenters. The van der Waals surface area contributed by atoms with E-state index in [4.69, 9.17) is 15.2 Å². The summed E-state index contributed by atoms with van der Waals surface area (Å²) in [5.41, 5.74) is 6.90. The Morgan fingerprint density at radius 2 is 2.11 bits per heavy atom. The maximum absolute atomic E-state index is 5.72. The van der Waals surface area contributed by atoms with Gasteiger partial charge in [-0.3, -0.25) is 0 Å². The predicted octanol–water partition coefficient (Wildman–Crippen LogP) is 0.195. The number of fused-ring (bicyclic) bond motifs is 1.